The summed E-state index contributed by atoms with van der Waals surface area (Å²) in [5, 5.41) is 5.17. The van der Waals surface area contributed by atoms with E-state index < -0.39 is 0 Å². The van der Waals surface area contributed by atoms with Crippen LogP contribution in [-0.4, -0.2) is 6.54 Å². The Kier molecular flexibility index (Phi) is 2.69. The Morgan fingerprint density at radius 2 is 1.57 bits per heavy atom. The highest BCUT2D eigenvalue weighted by atomic mass is 35.5. The molecule has 1 heterocycles. The van der Waals surface area contributed by atoms with E-state index in [0.29, 0.717) is 11.3 Å². The number of hydrogen-bond acceptors (Lipinski definition) is 1. The first kappa shape index (κ1) is 13.1. The quantitative estimate of drug-likeness (QED) is 0.697. The molecule has 21 heavy (non-hydrogen) atoms. The monoisotopic (exact) mass is 321 g/mol. The molecule has 4 fully saturated rings. The summed E-state index contributed by atoms with van der Waals surface area (Å²) >= 11 is 12.7. The molecule has 0 radical (unpaired) electrons. The highest BCUT2D eigenvalue weighted by molar-refractivity contribution is 6.36. The molecule has 0 spiro atoms. The summed E-state index contributed by atoms with van der Waals surface area (Å²) in [4.78, 5) is 0. The van der Waals surface area contributed by atoms with Gasteiger partial charge in [0, 0.05) is 17.5 Å². The van der Waals surface area contributed by atoms with Crippen molar-refractivity contribution in [2.75, 3.05) is 11.9 Å². The van der Waals surface area contributed by atoms with Crippen LogP contribution in [0.2, 0.25) is 10.0 Å². The molecule has 4 aliphatic carbocycles. The molecule has 5 aliphatic rings. The summed E-state index contributed by atoms with van der Waals surface area (Å²) < 4.78 is 0. The molecule has 4 saturated carbocycles. The molecule has 112 valence electrons. The minimum atomic E-state index is 0.529. The van der Waals surface area contributed by atoms with E-state index in [1.807, 2.05) is 6.07 Å². The molecule has 0 amide bonds. The van der Waals surface area contributed by atoms with Crippen molar-refractivity contribution in [2.45, 2.75) is 44.4 Å². The average molecular weight is 322 g/mol. The number of fused-ring (bicyclic) bond motifs is 1. The minimum Gasteiger partial charge on any atom is -0.383 e. The van der Waals surface area contributed by atoms with Gasteiger partial charge in [0.15, 0.2) is 0 Å². The van der Waals surface area contributed by atoms with Crippen molar-refractivity contribution in [3.05, 3.63) is 27.7 Å². The van der Waals surface area contributed by atoms with Crippen LogP contribution in [0.25, 0.3) is 0 Å². The molecule has 3 heteroatoms. The van der Waals surface area contributed by atoms with Gasteiger partial charge in [0.1, 0.15) is 0 Å². The third-order valence-corrected chi connectivity index (χ3v) is 7.28. The van der Waals surface area contributed by atoms with Gasteiger partial charge >= 0.3 is 0 Å². The lowest BCUT2D eigenvalue weighted by atomic mass is 9.46. The van der Waals surface area contributed by atoms with E-state index in [1.165, 1.54) is 44.1 Å². The minimum absolute atomic E-state index is 0.529. The van der Waals surface area contributed by atoms with Crippen LogP contribution in [-0.2, 0) is 0 Å². The van der Waals surface area contributed by atoms with Crippen molar-refractivity contribution in [2.24, 2.45) is 23.2 Å². The summed E-state index contributed by atoms with van der Waals surface area (Å²) in [5.74, 6) is 3.61. The lowest BCUT2D eigenvalue weighted by molar-refractivity contribution is -0.0653. The molecule has 0 aromatic heterocycles. The van der Waals surface area contributed by atoms with E-state index in [1.54, 1.807) is 0 Å². The summed E-state index contributed by atoms with van der Waals surface area (Å²) in [6, 6.07) is 4.04. The Balaban J connectivity index is 1.58. The number of rotatable bonds is 1. The third-order valence-electron chi connectivity index (χ3n) is 6.77. The molecule has 1 atom stereocenters. The van der Waals surface area contributed by atoms with Crippen molar-refractivity contribution >= 4 is 28.9 Å². The smallest absolute Gasteiger partial charge is 0.0655 e. The van der Waals surface area contributed by atoms with E-state index in [9.17, 15) is 0 Å². The Labute approximate surface area is 136 Å². The number of halogens is 2. The maximum absolute atomic E-state index is 6.40. The van der Waals surface area contributed by atoms with E-state index in [0.717, 1.165) is 40.0 Å². The second-order valence-corrected chi connectivity index (χ2v) is 8.91. The van der Waals surface area contributed by atoms with Gasteiger partial charge in [-0.3, -0.25) is 0 Å². The van der Waals surface area contributed by atoms with Crippen LogP contribution < -0.4 is 5.32 Å². The summed E-state index contributed by atoms with van der Waals surface area (Å²) in [5.41, 5.74) is 3.08. The molecule has 4 bridgehead atoms. The first-order valence-corrected chi connectivity index (χ1v) is 9.11. The van der Waals surface area contributed by atoms with Gasteiger partial charge in [0.25, 0.3) is 0 Å². The molecule has 0 saturated heterocycles. The zero-order chi connectivity index (χ0) is 14.2. The first-order chi connectivity index (χ1) is 10.1. The molecule has 6 rings (SSSR count). The van der Waals surface area contributed by atoms with Crippen molar-refractivity contribution in [1.29, 1.82) is 0 Å². The molecule has 1 aromatic rings. The van der Waals surface area contributed by atoms with Crippen LogP contribution in [0.5, 0.6) is 0 Å². The predicted molar refractivity (Wildman–Crippen MR) is 88.3 cm³/mol. The molecule has 1 nitrogen and oxygen atoms in total. The van der Waals surface area contributed by atoms with Crippen molar-refractivity contribution < 1.29 is 0 Å². The van der Waals surface area contributed by atoms with Gasteiger partial charge in [0.05, 0.1) is 10.7 Å². The fourth-order valence-corrected chi connectivity index (χ4v) is 7.10. The maximum atomic E-state index is 6.40. The maximum Gasteiger partial charge on any atom is 0.0655 e. The van der Waals surface area contributed by atoms with Crippen molar-refractivity contribution in [1.82, 2.24) is 0 Å². The van der Waals surface area contributed by atoms with Gasteiger partial charge in [-0.2, -0.15) is 0 Å². The molecule has 1 unspecified atom stereocenters. The number of anilines is 1. The second-order valence-electron chi connectivity index (χ2n) is 8.07. The Bertz CT molecular complexity index is 574. The van der Waals surface area contributed by atoms with E-state index >= 15 is 0 Å². The van der Waals surface area contributed by atoms with Gasteiger partial charge in [-0.1, -0.05) is 23.2 Å². The first-order valence-electron chi connectivity index (χ1n) is 8.36. The fraction of sp³-hybridized carbons (Fsp3) is 0.667. The number of nitrogens with one attached hydrogen (secondary N) is 1. The Morgan fingerprint density at radius 1 is 0.952 bits per heavy atom. The highest BCUT2D eigenvalue weighted by Crippen LogP contribution is 2.66. The largest absolute Gasteiger partial charge is 0.383 e. The van der Waals surface area contributed by atoms with Crippen LogP contribution >= 0.6 is 23.2 Å². The normalized spacial score (nSPS) is 43.0. The Morgan fingerprint density at radius 3 is 2.19 bits per heavy atom. The summed E-state index contributed by atoms with van der Waals surface area (Å²) in [7, 11) is 0. The van der Waals surface area contributed by atoms with E-state index in [2.05, 4.69) is 11.4 Å². The van der Waals surface area contributed by atoms with Crippen molar-refractivity contribution in [3.8, 4) is 0 Å². The summed E-state index contributed by atoms with van der Waals surface area (Å²) in [6.07, 6.45) is 8.83. The topological polar surface area (TPSA) is 12.0 Å². The van der Waals surface area contributed by atoms with Crippen LogP contribution in [0.1, 0.15) is 50.0 Å². The fourth-order valence-electron chi connectivity index (χ4n) is 6.52. The highest BCUT2D eigenvalue weighted by Gasteiger charge is 2.55. The van der Waals surface area contributed by atoms with Crippen molar-refractivity contribution in [3.63, 3.8) is 0 Å². The lowest BCUT2D eigenvalue weighted by Gasteiger charge is -2.59. The van der Waals surface area contributed by atoms with Crippen LogP contribution in [0, 0.1) is 23.2 Å². The van der Waals surface area contributed by atoms with Gasteiger partial charge < -0.3 is 5.32 Å². The molecule has 1 aliphatic heterocycles. The van der Waals surface area contributed by atoms with Crippen LogP contribution in [0.3, 0.4) is 0 Å². The molecular weight excluding hydrogens is 301 g/mol. The van der Waals surface area contributed by atoms with Gasteiger partial charge in [-0.15, -0.1) is 0 Å². The number of benzene rings is 1. The number of hydrogen-bond donors (Lipinski definition) is 1. The zero-order valence-electron chi connectivity index (χ0n) is 12.2. The second kappa shape index (κ2) is 4.32. The average Bonchev–Trinajstić information content (AvgIpc) is 2.81. The van der Waals surface area contributed by atoms with Gasteiger partial charge in [-0.25, -0.2) is 0 Å². The lowest BCUT2D eigenvalue weighted by Crippen LogP contribution is -2.49. The molecule has 1 N–H and O–H groups in total. The summed E-state index contributed by atoms with van der Waals surface area (Å²) in [6.45, 7) is 1.06. The van der Waals surface area contributed by atoms with Crippen LogP contribution in [0.15, 0.2) is 12.1 Å². The Hall–Kier alpha value is -0.400. The van der Waals surface area contributed by atoms with Gasteiger partial charge in [0.2, 0.25) is 0 Å². The SMILES string of the molecule is Clc1cc(Cl)c2c(c1)C(C13CC4CC(CC(C4)C1)C3)CN2. The van der Waals surface area contributed by atoms with E-state index in [-0.39, 0.29) is 0 Å². The predicted octanol–water partition coefficient (Wildman–Crippen LogP) is 5.72. The molecular formula is C18H21Cl2N. The van der Waals surface area contributed by atoms with Crippen LogP contribution in [0.4, 0.5) is 5.69 Å². The molecule has 1 aromatic carbocycles. The van der Waals surface area contributed by atoms with Gasteiger partial charge in [-0.05, 0) is 79.4 Å². The standard InChI is InChI=1S/C18H21Cl2N/c19-13-4-14-15(9-21-17(14)16(20)5-13)18-6-10-1-11(7-18)3-12(2-10)8-18/h4-5,10-12,15,21H,1-3,6-9H2. The van der Waals surface area contributed by atoms with E-state index in [4.69, 9.17) is 23.2 Å². The zero-order valence-corrected chi connectivity index (χ0v) is 13.7. The third kappa shape index (κ3) is 1.83.